The molecule has 1 atom stereocenters. The van der Waals surface area contributed by atoms with Crippen LogP contribution in [-0.4, -0.2) is 47.4 Å². The SMILES string of the molecule is CC(NC(=O)Cc1cc(F)ccc1F)C(=O)N1CCSCC1. The highest BCUT2D eigenvalue weighted by molar-refractivity contribution is 7.99. The van der Waals surface area contributed by atoms with Crippen molar-refractivity contribution in [3.8, 4) is 0 Å². The van der Waals surface area contributed by atoms with Crippen LogP contribution in [0.1, 0.15) is 12.5 Å². The van der Waals surface area contributed by atoms with Crippen molar-refractivity contribution in [1.82, 2.24) is 10.2 Å². The van der Waals surface area contributed by atoms with Gasteiger partial charge in [-0.25, -0.2) is 8.78 Å². The maximum absolute atomic E-state index is 13.5. The van der Waals surface area contributed by atoms with Crippen molar-refractivity contribution < 1.29 is 18.4 Å². The van der Waals surface area contributed by atoms with Gasteiger partial charge in [0.25, 0.3) is 0 Å². The van der Waals surface area contributed by atoms with Crippen LogP contribution in [0.15, 0.2) is 18.2 Å². The number of hydrogen-bond acceptors (Lipinski definition) is 3. The molecule has 22 heavy (non-hydrogen) atoms. The lowest BCUT2D eigenvalue weighted by atomic mass is 10.1. The van der Waals surface area contributed by atoms with Crippen molar-refractivity contribution in [3.05, 3.63) is 35.4 Å². The summed E-state index contributed by atoms with van der Waals surface area (Å²) >= 11 is 1.79. The number of benzene rings is 1. The summed E-state index contributed by atoms with van der Waals surface area (Å²) < 4.78 is 26.6. The quantitative estimate of drug-likeness (QED) is 0.913. The molecule has 1 N–H and O–H groups in total. The summed E-state index contributed by atoms with van der Waals surface area (Å²) in [6, 6.07) is 2.30. The fourth-order valence-corrected chi connectivity index (χ4v) is 3.17. The van der Waals surface area contributed by atoms with Gasteiger partial charge in [-0.2, -0.15) is 11.8 Å². The number of amides is 2. The van der Waals surface area contributed by atoms with Crippen LogP contribution in [0, 0.1) is 11.6 Å². The Morgan fingerprint density at radius 1 is 1.32 bits per heavy atom. The molecule has 120 valence electrons. The number of thioether (sulfide) groups is 1. The number of rotatable bonds is 4. The molecule has 0 aromatic heterocycles. The third-order valence-corrected chi connectivity index (χ3v) is 4.37. The summed E-state index contributed by atoms with van der Waals surface area (Å²) in [5.74, 6) is -0.102. The van der Waals surface area contributed by atoms with Gasteiger partial charge in [-0.05, 0) is 25.1 Å². The summed E-state index contributed by atoms with van der Waals surface area (Å²) in [5, 5.41) is 2.55. The van der Waals surface area contributed by atoms with Crippen molar-refractivity contribution in [3.63, 3.8) is 0 Å². The Labute approximate surface area is 132 Å². The molecule has 1 heterocycles. The lowest BCUT2D eigenvalue weighted by molar-refractivity contribution is -0.135. The van der Waals surface area contributed by atoms with E-state index < -0.39 is 23.6 Å². The molecule has 1 aromatic rings. The van der Waals surface area contributed by atoms with Crippen molar-refractivity contribution in [2.75, 3.05) is 24.6 Å². The second-order valence-corrected chi connectivity index (χ2v) is 6.36. The van der Waals surface area contributed by atoms with Crippen LogP contribution in [0.2, 0.25) is 0 Å². The van der Waals surface area contributed by atoms with E-state index >= 15 is 0 Å². The normalized spacial score (nSPS) is 16.2. The van der Waals surface area contributed by atoms with Gasteiger partial charge in [-0.15, -0.1) is 0 Å². The van der Waals surface area contributed by atoms with Crippen LogP contribution >= 0.6 is 11.8 Å². The van der Waals surface area contributed by atoms with Crippen LogP contribution < -0.4 is 5.32 Å². The second kappa shape index (κ2) is 7.58. The first kappa shape index (κ1) is 16.7. The maximum atomic E-state index is 13.5. The molecule has 1 fully saturated rings. The summed E-state index contributed by atoms with van der Waals surface area (Å²) in [4.78, 5) is 25.8. The van der Waals surface area contributed by atoms with Gasteiger partial charge in [0, 0.05) is 30.2 Å². The van der Waals surface area contributed by atoms with Gasteiger partial charge in [0.2, 0.25) is 11.8 Å². The van der Waals surface area contributed by atoms with Crippen LogP contribution in [0.4, 0.5) is 8.78 Å². The lowest BCUT2D eigenvalue weighted by Crippen LogP contribution is -2.49. The predicted molar refractivity (Wildman–Crippen MR) is 81.6 cm³/mol. The van der Waals surface area contributed by atoms with E-state index in [1.807, 2.05) is 0 Å². The molecule has 0 radical (unpaired) electrons. The molecule has 0 saturated carbocycles. The standard InChI is InChI=1S/C15H18F2N2O2S/c1-10(15(21)19-4-6-22-7-5-19)18-14(20)9-11-8-12(16)2-3-13(11)17/h2-3,8,10H,4-7,9H2,1H3,(H,18,20). The van der Waals surface area contributed by atoms with Crippen molar-refractivity contribution >= 4 is 23.6 Å². The molecule has 0 aliphatic carbocycles. The average Bonchev–Trinajstić information content (AvgIpc) is 2.51. The molecule has 0 spiro atoms. The Kier molecular flexibility index (Phi) is 5.76. The Hall–Kier alpha value is -1.63. The first-order valence-electron chi connectivity index (χ1n) is 7.07. The third-order valence-electron chi connectivity index (χ3n) is 3.43. The van der Waals surface area contributed by atoms with Crippen LogP contribution in [-0.2, 0) is 16.0 Å². The summed E-state index contributed by atoms with van der Waals surface area (Å²) in [7, 11) is 0. The first-order valence-corrected chi connectivity index (χ1v) is 8.22. The number of halogens is 2. The first-order chi connectivity index (χ1) is 10.5. The molecule has 1 unspecified atom stereocenters. The third kappa shape index (κ3) is 4.43. The Balaban J connectivity index is 1.90. The lowest BCUT2D eigenvalue weighted by Gasteiger charge is -2.29. The van der Waals surface area contributed by atoms with E-state index in [1.54, 1.807) is 23.6 Å². The molecule has 2 amide bonds. The summed E-state index contributed by atoms with van der Waals surface area (Å²) in [6.07, 6.45) is -0.295. The smallest absolute Gasteiger partial charge is 0.244 e. The van der Waals surface area contributed by atoms with Crippen molar-refractivity contribution in [2.45, 2.75) is 19.4 Å². The molecule has 7 heteroatoms. The Morgan fingerprint density at radius 2 is 2.00 bits per heavy atom. The van der Waals surface area contributed by atoms with Gasteiger partial charge < -0.3 is 10.2 Å². The van der Waals surface area contributed by atoms with Gasteiger partial charge in [0.1, 0.15) is 17.7 Å². The second-order valence-electron chi connectivity index (χ2n) is 5.14. The molecular formula is C15H18F2N2O2S. The van der Waals surface area contributed by atoms with E-state index in [4.69, 9.17) is 0 Å². The zero-order valence-electron chi connectivity index (χ0n) is 12.3. The largest absolute Gasteiger partial charge is 0.344 e. The fraction of sp³-hybridized carbons (Fsp3) is 0.467. The number of carbonyl (C=O) groups is 2. The van der Waals surface area contributed by atoms with Crippen molar-refractivity contribution in [2.24, 2.45) is 0 Å². The highest BCUT2D eigenvalue weighted by atomic mass is 32.2. The molecular weight excluding hydrogens is 310 g/mol. The number of nitrogens with one attached hydrogen (secondary N) is 1. The molecule has 1 aliphatic rings. The highest BCUT2D eigenvalue weighted by Gasteiger charge is 2.23. The monoisotopic (exact) mass is 328 g/mol. The predicted octanol–water partition coefficient (Wildman–Crippen LogP) is 1.59. The number of carbonyl (C=O) groups excluding carboxylic acids is 2. The van der Waals surface area contributed by atoms with Gasteiger partial charge >= 0.3 is 0 Å². The minimum atomic E-state index is -0.674. The van der Waals surface area contributed by atoms with Crippen LogP contribution in [0.5, 0.6) is 0 Å². The van der Waals surface area contributed by atoms with E-state index in [1.165, 1.54) is 0 Å². The number of hydrogen-bond donors (Lipinski definition) is 1. The molecule has 1 saturated heterocycles. The zero-order valence-corrected chi connectivity index (χ0v) is 13.1. The molecule has 1 aliphatic heterocycles. The van der Waals surface area contributed by atoms with Gasteiger partial charge in [0.15, 0.2) is 0 Å². The maximum Gasteiger partial charge on any atom is 0.244 e. The molecule has 2 rings (SSSR count). The van der Waals surface area contributed by atoms with E-state index in [2.05, 4.69) is 5.32 Å². The minimum Gasteiger partial charge on any atom is -0.344 e. The summed E-state index contributed by atoms with van der Waals surface area (Å²) in [6.45, 7) is 2.94. The van der Waals surface area contributed by atoms with Gasteiger partial charge in [-0.3, -0.25) is 9.59 Å². The highest BCUT2D eigenvalue weighted by Crippen LogP contribution is 2.12. The minimum absolute atomic E-state index is 0.0217. The molecule has 0 bridgehead atoms. The zero-order chi connectivity index (χ0) is 16.1. The van der Waals surface area contributed by atoms with Gasteiger partial charge in [0.05, 0.1) is 6.42 Å². The van der Waals surface area contributed by atoms with Crippen molar-refractivity contribution in [1.29, 1.82) is 0 Å². The Morgan fingerprint density at radius 3 is 2.68 bits per heavy atom. The van der Waals surface area contributed by atoms with E-state index in [-0.39, 0.29) is 17.9 Å². The molecule has 1 aromatic carbocycles. The number of nitrogens with zero attached hydrogens (tertiary/aromatic N) is 1. The molecule has 4 nitrogen and oxygen atoms in total. The van der Waals surface area contributed by atoms with Gasteiger partial charge in [-0.1, -0.05) is 0 Å². The van der Waals surface area contributed by atoms with Crippen LogP contribution in [0.25, 0.3) is 0 Å². The fourth-order valence-electron chi connectivity index (χ4n) is 2.26. The average molecular weight is 328 g/mol. The van der Waals surface area contributed by atoms with E-state index in [0.717, 1.165) is 29.7 Å². The van der Waals surface area contributed by atoms with E-state index in [9.17, 15) is 18.4 Å². The summed E-state index contributed by atoms with van der Waals surface area (Å²) in [5.41, 5.74) is -0.0217. The van der Waals surface area contributed by atoms with E-state index in [0.29, 0.717) is 13.1 Å². The topological polar surface area (TPSA) is 49.4 Å². The van der Waals surface area contributed by atoms with Crippen LogP contribution in [0.3, 0.4) is 0 Å². The Bertz CT molecular complexity index is 562.